The van der Waals surface area contributed by atoms with Gasteiger partial charge in [0.05, 0.1) is 23.6 Å². The average molecular weight is 794 g/mol. The highest BCUT2D eigenvalue weighted by molar-refractivity contribution is 7.91. The number of aromatic nitrogens is 1. The number of sulfonamides is 1. The minimum Gasteiger partial charge on any atom is -0.491 e. The Hall–Kier alpha value is -4.40. The molecule has 3 N–H and O–H groups in total. The second-order valence-corrected chi connectivity index (χ2v) is 20.0. The largest absolute Gasteiger partial charge is 0.491 e. The van der Waals surface area contributed by atoms with Crippen molar-refractivity contribution in [2.75, 3.05) is 13.2 Å². The molecule has 7 unspecified atom stereocenters. The zero-order valence-corrected chi connectivity index (χ0v) is 34.0. The number of carbonyl (C=O) groups is 4. The van der Waals surface area contributed by atoms with E-state index < -0.39 is 73.8 Å². The van der Waals surface area contributed by atoms with Crippen LogP contribution in [0, 0.1) is 17.8 Å². The second-order valence-electron chi connectivity index (χ2n) is 17.8. The fourth-order valence-electron chi connectivity index (χ4n) is 8.28. The van der Waals surface area contributed by atoms with Crippen molar-refractivity contribution in [1.82, 2.24) is 25.2 Å². The summed E-state index contributed by atoms with van der Waals surface area (Å²) in [4.78, 5) is 62.9. The van der Waals surface area contributed by atoms with E-state index in [-0.39, 0.29) is 31.2 Å². The number of nitrogens with zero attached hydrogens (tertiary/aromatic N) is 2. The molecule has 4 heterocycles. The predicted molar refractivity (Wildman–Crippen MR) is 208 cm³/mol. The van der Waals surface area contributed by atoms with Gasteiger partial charge >= 0.3 is 6.09 Å². The Balaban J connectivity index is 1.24. The number of nitrogens with one attached hydrogen (secondary N) is 3. The second kappa shape index (κ2) is 14.8. The van der Waals surface area contributed by atoms with Crippen LogP contribution in [0.1, 0.15) is 98.6 Å². The minimum absolute atomic E-state index is 0.00938. The maximum Gasteiger partial charge on any atom is 0.408 e. The zero-order chi connectivity index (χ0) is 40.2. The summed E-state index contributed by atoms with van der Waals surface area (Å²) in [5.74, 6) is -1.44. The maximum absolute atomic E-state index is 14.9. The SMILES string of the molecule is CC1CCC=CC2CC2(C(=O)NS(=O)(=O)C2(C)CC2)NC(=O)C2CC(Oc3nc4c(c5ccccc35)OCCC4)CN2C(=O)C(NC(=O)OC(C)(C)C)C(C)C1. The van der Waals surface area contributed by atoms with Crippen LogP contribution in [-0.2, 0) is 35.6 Å². The van der Waals surface area contributed by atoms with Crippen molar-refractivity contribution in [3.05, 3.63) is 42.1 Å². The van der Waals surface area contributed by atoms with Crippen LogP contribution in [0.4, 0.5) is 4.79 Å². The number of aryl methyl sites for hydroxylation is 1. The summed E-state index contributed by atoms with van der Waals surface area (Å²) in [6, 6.07) is 5.48. The van der Waals surface area contributed by atoms with Crippen LogP contribution in [0.25, 0.3) is 10.8 Å². The van der Waals surface area contributed by atoms with Crippen molar-refractivity contribution in [2.24, 2.45) is 17.8 Å². The lowest BCUT2D eigenvalue weighted by Gasteiger charge is -2.33. The van der Waals surface area contributed by atoms with Gasteiger partial charge in [-0.15, -0.1) is 0 Å². The molecule has 1 aromatic heterocycles. The van der Waals surface area contributed by atoms with Crippen molar-refractivity contribution >= 4 is 44.6 Å². The first-order valence-electron chi connectivity index (χ1n) is 20.0. The summed E-state index contributed by atoms with van der Waals surface area (Å²) in [7, 11) is -4.00. The number of rotatable bonds is 6. The first-order valence-corrected chi connectivity index (χ1v) is 21.4. The summed E-state index contributed by atoms with van der Waals surface area (Å²) >= 11 is 0. The van der Waals surface area contributed by atoms with Crippen molar-refractivity contribution in [3.63, 3.8) is 0 Å². The van der Waals surface area contributed by atoms with Crippen molar-refractivity contribution < 1.29 is 41.8 Å². The zero-order valence-electron chi connectivity index (χ0n) is 33.2. The first-order chi connectivity index (χ1) is 26.4. The number of amides is 4. The van der Waals surface area contributed by atoms with Gasteiger partial charge in [0.15, 0.2) is 0 Å². The number of fused-ring (bicyclic) bond motifs is 5. The van der Waals surface area contributed by atoms with Gasteiger partial charge in [0.1, 0.15) is 35.1 Å². The van der Waals surface area contributed by atoms with E-state index in [9.17, 15) is 27.6 Å². The van der Waals surface area contributed by atoms with Gasteiger partial charge in [-0.1, -0.05) is 44.2 Å². The third-order valence-electron chi connectivity index (χ3n) is 11.9. The molecule has 2 aromatic rings. The lowest BCUT2D eigenvalue weighted by Crippen LogP contribution is -2.59. The number of carbonyl (C=O) groups excluding carboxylic acids is 4. The van der Waals surface area contributed by atoms with Gasteiger partial charge < -0.3 is 29.7 Å². The number of allylic oxidation sites excluding steroid dienone is 1. The Morgan fingerprint density at radius 1 is 1.09 bits per heavy atom. The predicted octanol–water partition coefficient (Wildman–Crippen LogP) is 4.69. The fourth-order valence-corrected chi connectivity index (χ4v) is 9.59. The Morgan fingerprint density at radius 2 is 1.82 bits per heavy atom. The Kier molecular flexibility index (Phi) is 10.5. The van der Waals surface area contributed by atoms with E-state index in [1.165, 1.54) is 4.90 Å². The molecule has 0 bridgehead atoms. The molecular weight excluding hydrogens is 739 g/mol. The third kappa shape index (κ3) is 8.05. The van der Waals surface area contributed by atoms with Gasteiger partial charge in [-0.3, -0.25) is 19.1 Å². The molecule has 1 aromatic carbocycles. The van der Waals surface area contributed by atoms with Crippen LogP contribution in [-0.4, -0.2) is 89.3 Å². The monoisotopic (exact) mass is 793 g/mol. The van der Waals surface area contributed by atoms with Gasteiger partial charge in [-0.25, -0.2) is 18.2 Å². The first kappa shape index (κ1) is 39.8. The molecule has 1 saturated heterocycles. The topological polar surface area (TPSA) is 182 Å². The van der Waals surface area contributed by atoms with E-state index >= 15 is 0 Å². The van der Waals surface area contributed by atoms with Crippen LogP contribution >= 0.6 is 0 Å². The summed E-state index contributed by atoms with van der Waals surface area (Å²) in [5.41, 5.74) is -1.57. The molecule has 5 aliphatic rings. The van der Waals surface area contributed by atoms with E-state index in [1.807, 2.05) is 43.3 Å². The number of ether oxygens (including phenoxy) is 3. The number of alkyl carbamates (subject to hydrolysis) is 1. The molecule has 2 saturated carbocycles. The molecule has 3 fully saturated rings. The molecule has 4 amide bonds. The molecule has 15 heteroatoms. The maximum atomic E-state index is 14.9. The lowest BCUT2D eigenvalue weighted by molar-refractivity contribution is -0.142. The minimum atomic E-state index is -4.00. The number of hydrogen-bond donors (Lipinski definition) is 3. The fraction of sp³-hybridized carbons (Fsp3) is 0.634. The average Bonchev–Trinajstić information content (AvgIpc) is 4.01. The number of benzene rings is 1. The standard InChI is InChI=1S/C41H55N5O9S/c1-24-12-7-8-13-26-22-41(26,37(49)45-56(51,52)40(6)17-18-40)44-34(47)31-21-27(23-46(31)36(48)32(25(2)20-24)43-38(50)55-39(3,4)5)54-35-29-15-10-9-14-28(29)33-30(42-35)16-11-19-53-33/h8-10,13-15,24-27,31-32H,7,11-12,16-23H2,1-6H3,(H,43,50)(H,44,47)(H,45,49). The van der Waals surface area contributed by atoms with Crippen molar-refractivity contribution in [2.45, 2.75) is 133 Å². The molecule has 2 aliphatic carbocycles. The Bertz CT molecular complexity index is 2040. The van der Waals surface area contributed by atoms with Crippen LogP contribution in [0.3, 0.4) is 0 Å². The van der Waals surface area contributed by atoms with Gasteiger partial charge in [0, 0.05) is 23.1 Å². The summed E-state index contributed by atoms with van der Waals surface area (Å²) < 4.78 is 45.9. The highest BCUT2D eigenvalue weighted by atomic mass is 32.2. The van der Waals surface area contributed by atoms with Crippen molar-refractivity contribution in [3.8, 4) is 11.6 Å². The van der Waals surface area contributed by atoms with Crippen LogP contribution in [0.2, 0.25) is 0 Å². The van der Waals surface area contributed by atoms with Crippen molar-refractivity contribution in [1.29, 1.82) is 0 Å². The Labute approximate surface area is 328 Å². The van der Waals surface area contributed by atoms with E-state index in [0.29, 0.717) is 44.6 Å². The molecule has 7 rings (SSSR count). The van der Waals surface area contributed by atoms with Gasteiger partial charge in [0.2, 0.25) is 27.7 Å². The van der Waals surface area contributed by atoms with Gasteiger partial charge in [-0.05, 0) is 97.0 Å². The normalized spacial score (nSPS) is 30.3. The molecule has 0 radical (unpaired) electrons. The quantitative estimate of drug-likeness (QED) is 0.347. The molecule has 56 heavy (non-hydrogen) atoms. The van der Waals surface area contributed by atoms with E-state index in [0.717, 1.165) is 35.1 Å². The summed E-state index contributed by atoms with van der Waals surface area (Å²) in [5, 5.41) is 7.34. The molecule has 0 spiro atoms. The van der Waals surface area contributed by atoms with Crippen LogP contribution in [0.5, 0.6) is 11.6 Å². The van der Waals surface area contributed by atoms with Gasteiger partial charge in [-0.2, -0.15) is 0 Å². The molecular formula is C41H55N5O9S. The molecule has 3 aliphatic heterocycles. The summed E-state index contributed by atoms with van der Waals surface area (Å²) in [6.45, 7) is 11.4. The van der Waals surface area contributed by atoms with Crippen LogP contribution < -0.4 is 24.8 Å². The lowest BCUT2D eigenvalue weighted by atomic mass is 9.88. The number of pyridine rings is 1. The van der Waals surface area contributed by atoms with E-state index in [1.54, 1.807) is 27.7 Å². The Morgan fingerprint density at radius 3 is 2.54 bits per heavy atom. The number of hydrogen-bond acceptors (Lipinski definition) is 10. The van der Waals surface area contributed by atoms with E-state index in [2.05, 4.69) is 22.3 Å². The summed E-state index contributed by atoms with van der Waals surface area (Å²) in [6.07, 6.45) is 7.11. The molecule has 7 atom stereocenters. The van der Waals surface area contributed by atoms with Gasteiger partial charge in [0.25, 0.3) is 5.91 Å². The third-order valence-corrected chi connectivity index (χ3v) is 14.1. The molecule has 14 nitrogen and oxygen atoms in total. The molecule has 304 valence electrons. The van der Waals surface area contributed by atoms with E-state index in [4.69, 9.17) is 19.2 Å². The highest BCUT2D eigenvalue weighted by Gasteiger charge is 2.63. The highest BCUT2D eigenvalue weighted by Crippen LogP contribution is 2.48. The smallest absolute Gasteiger partial charge is 0.408 e. The van der Waals surface area contributed by atoms with Crippen LogP contribution in [0.15, 0.2) is 36.4 Å².